The van der Waals surface area contributed by atoms with Crippen molar-refractivity contribution >= 4 is 23.6 Å². The fraction of sp³-hybridized carbons (Fsp3) is 0.143. The molecule has 0 saturated carbocycles. The number of nitrogens with zero attached hydrogens (tertiary/aromatic N) is 3. The number of aliphatic imine (C=N–C) groups is 1. The van der Waals surface area contributed by atoms with Gasteiger partial charge in [0.2, 0.25) is 0 Å². The minimum Gasteiger partial charge on any atom is -0.477 e. The Morgan fingerprint density at radius 3 is 3.17 bits per heavy atom. The smallest absolute Gasteiger partial charge is 0.350 e. The molecule has 5 nitrogen and oxygen atoms in total. The number of hydrogen-bond donors (Lipinski definition) is 1. The van der Waals surface area contributed by atoms with Crippen LogP contribution in [-0.4, -0.2) is 28.7 Å². The second-order valence-electron chi connectivity index (χ2n) is 2.43. The van der Waals surface area contributed by atoms with Crippen molar-refractivity contribution in [1.29, 1.82) is 0 Å². The van der Waals surface area contributed by atoms with E-state index in [2.05, 4.69) is 15.2 Å². The minimum absolute atomic E-state index is 0.114. The molecule has 0 saturated heterocycles. The second kappa shape index (κ2) is 2.37. The van der Waals surface area contributed by atoms with Crippen molar-refractivity contribution in [3.63, 3.8) is 0 Å². The topological polar surface area (TPSA) is 74.4 Å². The van der Waals surface area contributed by atoms with E-state index in [1.807, 2.05) is 0 Å². The number of aliphatic carboxylic acids is 1. The third-order valence-electron chi connectivity index (χ3n) is 1.65. The Kier molecular flexibility index (Phi) is 1.36. The number of fused-ring (bicyclic) bond motifs is 1. The van der Waals surface area contributed by atoms with Crippen LogP contribution in [0.5, 0.6) is 0 Å². The van der Waals surface area contributed by atoms with Gasteiger partial charge >= 0.3 is 5.97 Å². The van der Waals surface area contributed by atoms with Crippen LogP contribution in [-0.2, 0) is 4.79 Å². The zero-order valence-electron chi connectivity index (χ0n) is 6.06. The first-order valence-corrected chi connectivity index (χ1v) is 3.38. The molecule has 0 fully saturated rings. The standard InChI is InChI=1S/C7H5N3O2/c11-7(12)6-1-5-4(2-8-6)3-9-10-5/h2-3H,1H2,(H,11,12). The summed E-state index contributed by atoms with van der Waals surface area (Å²) in [6.45, 7) is 0. The molecule has 2 aliphatic heterocycles. The molecule has 0 aromatic heterocycles. The van der Waals surface area contributed by atoms with Gasteiger partial charge < -0.3 is 5.11 Å². The van der Waals surface area contributed by atoms with Crippen molar-refractivity contribution < 1.29 is 9.90 Å². The fourth-order valence-electron chi connectivity index (χ4n) is 1.02. The Morgan fingerprint density at radius 2 is 2.42 bits per heavy atom. The molecule has 0 atom stereocenters. The maximum atomic E-state index is 10.5. The van der Waals surface area contributed by atoms with Gasteiger partial charge in [-0.1, -0.05) is 0 Å². The summed E-state index contributed by atoms with van der Waals surface area (Å²) >= 11 is 0. The molecule has 0 bridgehead atoms. The van der Waals surface area contributed by atoms with Crippen LogP contribution in [0.3, 0.4) is 0 Å². The van der Waals surface area contributed by atoms with Gasteiger partial charge in [-0.3, -0.25) is 4.99 Å². The van der Waals surface area contributed by atoms with Crippen molar-refractivity contribution in [3.8, 4) is 0 Å². The molecule has 1 N–H and O–H groups in total. The first-order chi connectivity index (χ1) is 5.77. The molecule has 60 valence electrons. The quantitative estimate of drug-likeness (QED) is 0.601. The molecule has 0 aromatic carbocycles. The molecule has 2 heterocycles. The highest BCUT2D eigenvalue weighted by Gasteiger charge is 2.21. The van der Waals surface area contributed by atoms with E-state index < -0.39 is 5.97 Å². The predicted molar refractivity (Wildman–Crippen MR) is 43.7 cm³/mol. The lowest BCUT2D eigenvalue weighted by molar-refractivity contribution is -0.129. The van der Waals surface area contributed by atoms with E-state index in [9.17, 15) is 4.79 Å². The average Bonchev–Trinajstić information content (AvgIpc) is 2.49. The number of carbonyl (C=O) groups is 1. The van der Waals surface area contributed by atoms with Gasteiger partial charge in [-0.05, 0) is 0 Å². The maximum Gasteiger partial charge on any atom is 0.350 e. The molecule has 0 spiro atoms. The Hall–Kier alpha value is -1.78. The number of carboxylic acids is 1. The normalized spacial score (nSPS) is 19.5. The molecule has 0 aliphatic carbocycles. The summed E-state index contributed by atoms with van der Waals surface area (Å²) in [7, 11) is 0. The molecule has 0 amide bonds. The summed E-state index contributed by atoms with van der Waals surface area (Å²) < 4.78 is 0. The zero-order chi connectivity index (χ0) is 8.55. The van der Waals surface area contributed by atoms with Crippen LogP contribution in [0, 0.1) is 0 Å². The molecular weight excluding hydrogens is 158 g/mol. The van der Waals surface area contributed by atoms with Gasteiger partial charge in [0, 0.05) is 18.2 Å². The van der Waals surface area contributed by atoms with Gasteiger partial charge in [0.15, 0.2) is 0 Å². The van der Waals surface area contributed by atoms with Crippen molar-refractivity contribution in [2.75, 3.05) is 0 Å². The van der Waals surface area contributed by atoms with E-state index in [0.29, 0.717) is 5.71 Å². The predicted octanol–water partition coefficient (Wildman–Crippen LogP) is 0.240. The first-order valence-electron chi connectivity index (χ1n) is 3.38. The third kappa shape index (κ3) is 0.952. The van der Waals surface area contributed by atoms with Crippen LogP contribution >= 0.6 is 0 Å². The fourth-order valence-corrected chi connectivity index (χ4v) is 1.02. The molecule has 5 heteroatoms. The highest BCUT2D eigenvalue weighted by atomic mass is 16.4. The minimum atomic E-state index is -1.00. The Balaban J connectivity index is 2.33. The number of allylic oxidation sites excluding steroid dienone is 1. The van der Waals surface area contributed by atoms with Gasteiger partial charge in [-0.25, -0.2) is 4.79 Å². The van der Waals surface area contributed by atoms with Gasteiger partial charge in [0.25, 0.3) is 0 Å². The number of rotatable bonds is 1. The second-order valence-corrected chi connectivity index (χ2v) is 2.43. The first kappa shape index (κ1) is 6.90. The van der Waals surface area contributed by atoms with Crippen LogP contribution in [0.4, 0.5) is 0 Å². The lowest BCUT2D eigenvalue weighted by Crippen LogP contribution is -2.20. The molecular formula is C7H5N3O2. The average molecular weight is 163 g/mol. The Labute approximate surface area is 67.8 Å². The zero-order valence-corrected chi connectivity index (χ0v) is 6.06. The van der Waals surface area contributed by atoms with Gasteiger partial charge in [0.1, 0.15) is 5.71 Å². The van der Waals surface area contributed by atoms with Crippen molar-refractivity contribution in [1.82, 2.24) is 0 Å². The SMILES string of the molecule is O=C(O)C1=NC=C2C=NN=C2C1. The molecule has 12 heavy (non-hydrogen) atoms. The van der Waals surface area contributed by atoms with Crippen LogP contribution in [0.1, 0.15) is 6.42 Å². The van der Waals surface area contributed by atoms with Gasteiger partial charge in [-0.2, -0.15) is 10.2 Å². The van der Waals surface area contributed by atoms with E-state index in [0.717, 1.165) is 5.57 Å². The van der Waals surface area contributed by atoms with Gasteiger partial charge in [-0.15, -0.1) is 0 Å². The molecule has 2 aliphatic rings. The molecule has 2 rings (SSSR count). The van der Waals surface area contributed by atoms with E-state index in [1.165, 1.54) is 6.20 Å². The summed E-state index contributed by atoms with van der Waals surface area (Å²) in [6, 6.07) is 0. The Morgan fingerprint density at radius 1 is 1.58 bits per heavy atom. The third-order valence-corrected chi connectivity index (χ3v) is 1.65. The van der Waals surface area contributed by atoms with Crippen LogP contribution < -0.4 is 0 Å². The Bertz CT molecular complexity index is 363. The highest BCUT2D eigenvalue weighted by molar-refractivity contribution is 6.43. The van der Waals surface area contributed by atoms with Crippen LogP contribution in [0.2, 0.25) is 0 Å². The number of carboxylic acid groups (broad SMARTS) is 1. The monoisotopic (exact) mass is 163 g/mol. The molecule has 0 radical (unpaired) electrons. The molecule has 0 aromatic rings. The summed E-state index contributed by atoms with van der Waals surface area (Å²) in [5.74, 6) is -1.00. The van der Waals surface area contributed by atoms with E-state index >= 15 is 0 Å². The maximum absolute atomic E-state index is 10.5. The van der Waals surface area contributed by atoms with Crippen molar-refractivity contribution in [2.45, 2.75) is 6.42 Å². The van der Waals surface area contributed by atoms with E-state index in [1.54, 1.807) is 6.21 Å². The van der Waals surface area contributed by atoms with Crippen molar-refractivity contribution in [3.05, 3.63) is 11.8 Å². The largest absolute Gasteiger partial charge is 0.477 e. The highest BCUT2D eigenvalue weighted by Crippen LogP contribution is 2.13. The van der Waals surface area contributed by atoms with E-state index in [4.69, 9.17) is 5.11 Å². The lowest BCUT2D eigenvalue weighted by atomic mass is 10.0. The van der Waals surface area contributed by atoms with Crippen LogP contribution in [0.25, 0.3) is 0 Å². The van der Waals surface area contributed by atoms with Gasteiger partial charge in [0.05, 0.1) is 11.9 Å². The van der Waals surface area contributed by atoms with E-state index in [-0.39, 0.29) is 12.1 Å². The number of hydrogen-bond acceptors (Lipinski definition) is 4. The van der Waals surface area contributed by atoms with Crippen LogP contribution in [0.15, 0.2) is 27.0 Å². The summed E-state index contributed by atoms with van der Waals surface area (Å²) in [6.07, 6.45) is 3.31. The summed E-state index contributed by atoms with van der Waals surface area (Å²) in [5, 5.41) is 16.0. The summed E-state index contributed by atoms with van der Waals surface area (Å²) in [5.41, 5.74) is 1.60. The lowest BCUT2D eigenvalue weighted by Gasteiger charge is -2.05. The summed E-state index contributed by atoms with van der Waals surface area (Å²) in [4.78, 5) is 14.2. The van der Waals surface area contributed by atoms with Crippen molar-refractivity contribution in [2.24, 2.45) is 15.2 Å². The molecule has 0 unspecified atom stereocenters.